The summed E-state index contributed by atoms with van der Waals surface area (Å²) < 4.78 is 26.5. The number of halogens is 2. The molecule has 3 amide bonds. The van der Waals surface area contributed by atoms with Crippen LogP contribution in [0.25, 0.3) is 0 Å². The van der Waals surface area contributed by atoms with Gasteiger partial charge in [-0.1, -0.05) is 24.3 Å². The van der Waals surface area contributed by atoms with Crippen molar-refractivity contribution in [1.82, 2.24) is 10.6 Å². The van der Waals surface area contributed by atoms with Gasteiger partial charge in [0.1, 0.15) is 11.6 Å². The van der Waals surface area contributed by atoms with Crippen LogP contribution in [0.2, 0.25) is 0 Å². The van der Waals surface area contributed by atoms with Crippen molar-refractivity contribution in [3.63, 3.8) is 0 Å². The van der Waals surface area contributed by atoms with E-state index in [1.165, 1.54) is 24.3 Å². The van der Waals surface area contributed by atoms with Gasteiger partial charge in [0, 0.05) is 31.7 Å². The molecule has 0 radical (unpaired) electrons. The maximum Gasteiger partial charge on any atom is 0.319 e. The molecule has 3 aromatic rings. The largest absolute Gasteiger partial charge is 0.370 e. The lowest BCUT2D eigenvalue weighted by Crippen LogP contribution is -2.30. The number of nitrogens with zero attached hydrogens (tertiary/aromatic N) is 1. The topological polar surface area (TPSA) is 73.5 Å². The second kappa shape index (κ2) is 10.8. The molecular weight excluding hydrogens is 438 g/mol. The second-order valence-electron chi connectivity index (χ2n) is 8.17. The summed E-state index contributed by atoms with van der Waals surface area (Å²) in [4.78, 5) is 27.5. The summed E-state index contributed by atoms with van der Waals surface area (Å²) in [6.07, 6.45) is 2.12. The Balaban J connectivity index is 1.45. The monoisotopic (exact) mass is 464 g/mol. The molecule has 1 aliphatic rings. The van der Waals surface area contributed by atoms with Crippen LogP contribution in [0.1, 0.15) is 34.3 Å². The van der Waals surface area contributed by atoms with Crippen molar-refractivity contribution < 1.29 is 18.4 Å². The highest BCUT2D eigenvalue weighted by atomic mass is 19.1. The summed E-state index contributed by atoms with van der Waals surface area (Å²) in [5.74, 6) is -1.03. The van der Waals surface area contributed by atoms with Crippen LogP contribution in [0.4, 0.5) is 25.0 Å². The first-order chi connectivity index (χ1) is 16.5. The summed E-state index contributed by atoms with van der Waals surface area (Å²) in [6.45, 7) is 2.17. The summed E-state index contributed by atoms with van der Waals surface area (Å²) in [5.41, 5.74) is 3.17. The minimum atomic E-state index is -0.429. The van der Waals surface area contributed by atoms with Gasteiger partial charge in [-0.15, -0.1) is 0 Å². The molecule has 176 valence electrons. The number of hydrogen-bond donors (Lipinski definition) is 3. The van der Waals surface area contributed by atoms with Crippen LogP contribution in [0.15, 0.2) is 66.7 Å². The molecule has 0 aromatic heterocycles. The third kappa shape index (κ3) is 6.10. The van der Waals surface area contributed by atoms with Crippen LogP contribution in [0.5, 0.6) is 0 Å². The van der Waals surface area contributed by atoms with Gasteiger partial charge in [0.25, 0.3) is 5.91 Å². The van der Waals surface area contributed by atoms with Gasteiger partial charge in [-0.3, -0.25) is 4.79 Å². The van der Waals surface area contributed by atoms with Crippen molar-refractivity contribution in [2.45, 2.75) is 25.9 Å². The quantitative estimate of drug-likeness (QED) is 0.470. The van der Waals surface area contributed by atoms with E-state index in [1.54, 1.807) is 36.4 Å². The normalized spacial score (nSPS) is 12.9. The van der Waals surface area contributed by atoms with Gasteiger partial charge in [-0.2, -0.15) is 0 Å². The smallest absolute Gasteiger partial charge is 0.319 e. The molecule has 1 aliphatic heterocycles. The summed E-state index contributed by atoms with van der Waals surface area (Å²) in [5, 5.41) is 8.39. The highest BCUT2D eigenvalue weighted by Crippen LogP contribution is 2.30. The van der Waals surface area contributed by atoms with Crippen molar-refractivity contribution in [1.29, 1.82) is 0 Å². The Hall–Kier alpha value is -3.94. The summed E-state index contributed by atoms with van der Waals surface area (Å²) in [6, 6.07) is 16.7. The van der Waals surface area contributed by atoms with E-state index in [0.29, 0.717) is 16.8 Å². The predicted octanol–water partition coefficient (Wildman–Crippen LogP) is 4.82. The van der Waals surface area contributed by atoms with Crippen molar-refractivity contribution in [3.8, 4) is 0 Å². The SMILES string of the molecule is O=C(NCc1ccc(F)cc1)Nc1cc(C(=O)NCc2cccc(F)c2)ccc1N1CCCC1. The Labute approximate surface area is 197 Å². The van der Waals surface area contributed by atoms with E-state index in [2.05, 4.69) is 20.9 Å². The van der Waals surface area contributed by atoms with Crippen LogP contribution in [0, 0.1) is 11.6 Å². The Morgan fingerprint density at radius 3 is 2.26 bits per heavy atom. The van der Waals surface area contributed by atoms with Gasteiger partial charge >= 0.3 is 6.03 Å². The molecule has 0 unspecified atom stereocenters. The van der Waals surface area contributed by atoms with E-state index < -0.39 is 6.03 Å². The predicted molar refractivity (Wildman–Crippen MR) is 128 cm³/mol. The number of carbonyl (C=O) groups is 2. The van der Waals surface area contributed by atoms with E-state index in [1.807, 2.05) is 6.07 Å². The van der Waals surface area contributed by atoms with Gasteiger partial charge in [-0.05, 0) is 66.4 Å². The van der Waals surface area contributed by atoms with Crippen molar-refractivity contribution in [2.75, 3.05) is 23.3 Å². The number of rotatable bonds is 7. The van der Waals surface area contributed by atoms with Crippen LogP contribution in [-0.2, 0) is 13.1 Å². The molecule has 0 saturated carbocycles. The first kappa shape index (κ1) is 23.2. The number of anilines is 2. The zero-order valence-corrected chi connectivity index (χ0v) is 18.6. The number of carbonyl (C=O) groups excluding carboxylic acids is 2. The molecule has 3 aromatic carbocycles. The average molecular weight is 465 g/mol. The molecule has 4 rings (SSSR count). The molecule has 0 atom stereocenters. The fraction of sp³-hybridized carbons (Fsp3) is 0.231. The van der Waals surface area contributed by atoms with Gasteiger partial charge in [-0.25, -0.2) is 13.6 Å². The third-order valence-electron chi connectivity index (χ3n) is 5.66. The highest BCUT2D eigenvalue weighted by molar-refractivity contribution is 5.99. The third-order valence-corrected chi connectivity index (χ3v) is 5.66. The zero-order valence-electron chi connectivity index (χ0n) is 18.6. The zero-order chi connectivity index (χ0) is 23.9. The Kier molecular flexibility index (Phi) is 7.37. The van der Waals surface area contributed by atoms with Crippen molar-refractivity contribution >= 4 is 23.3 Å². The molecule has 8 heteroatoms. The van der Waals surface area contributed by atoms with E-state index >= 15 is 0 Å². The standard InChI is InChI=1S/C26H26F2N4O2/c27-21-9-6-18(7-10-21)16-30-26(34)31-23-15-20(8-11-24(23)32-12-1-2-13-32)25(33)29-17-19-4-3-5-22(28)14-19/h3-11,14-15H,1-2,12-13,16-17H2,(H,29,33)(H2,30,31,34). The van der Waals surface area contributed by atoms with Gasteiger partial charge < -0.3 is 20.9 Å². The van der Waals surface area contributed by atoms with Gasteiger partial charge in [0.2, 0.25) is 0 Å². The van der Waals surface area contributed by atoms with E-state index in [-0.39, 0.29) is 30.6 Å². The van der Waals surface area contributed by atoms with Crippen LogP contribution in [0.3, 0.4) is 0 Å². The molecule has 6 nitrogen and oxygen atoms in total. The first-order valence-electron chi connectivity index (χ1n) is 11.2. The molecule has 34 heavy (non-hydrogen) atoms. The van der Waals surface area contributed by atoms with Gasteiger partial charge in [0.05, 0.1) is 11.4 Å². The lowest BCUT2D eigenvalue weighted by Gasteiger charge is -2.22. The van der Waals surface area contributed by atoms with E-state index in [0.717, 1.165) is 37.2 Å². The van der Waals surface area contributed by atoms with Crippen LogP contribution in [-0.4, -0.2) is 25.0 Å². The van der Waals surface area contributed by atoms with Crippen LogP contribution >= 0.6 is 0 Å². The summed E-state index contributed by atoms with van der Waals surface area (Å²) in [7, 11) is 0. The molecule has 1 fully saturated rings. The Bertz CT molecular complexity index is 1160. The Morgan fingerprint density at radius 1 is 0.794 bits per heavy atom. The van der Waals surface area contributed by atoms with E-state index in [9.17, 15) is 18.4 Å². The molecule has 1 heterocycles. The molecule has 0 bridgehead atoms. The average Bonchev–Trinajstić information content (AvgIpc) is 3.37. The highest BCUT2D eigenvalue weighted by Gasteiger charge is 2.19. The minimum Gasteiger partial charge on any atom is -0.370 e. The van der Waals surface area contributed by atoms with Crippen LogP contribution < -0.4 is 20.9 Å². The number of hydrogen-bond acceptors (Lipinski definition) is 3. The molecule has 3 N–H and O–H groups in total. The Morgan fingerprint density at radius 2 is 1.53 bits per heavy atom. The number of benzene rings is 3. The van der Waals surface area contributed by atoms with Gasteiger partial charge in [0.15, 0.2) is 0 Å². The first-order valence-corrected chi connectivity index (χ1v) is 11.2. The lowest BCUT2D eigenvalue weighted by molar-refractivity contribution is 0.0951. The van der Waals surface area contributed by atoms with Crippen molar-refractivity contribution in [2.24, 2.45) is 0 Å². The number of nitrogens with one attached hydrogen (secondary N) is 3. The van der Waals surface area contributed by atoms with E-state index in [4.69, 9.17) is 0 Å². The maximum atomic E-state index is 13.4. The molecule has 0 aliphatic carbocycles. The molecule has 0 spiro atoms. The number of urea groups is 1. The second-order valence-corrected chi connectivity index (χ2v) is 8.17. The fourth-order valence-corrected chi connectivity index (χ4v) is 3.89. The fourth-order valence-electron chi connectivity index (χ4n) is 3.89. The minimum absolute atomic E-state index is 0.186. The van der Waals surface area contributed by atoms with Crippen molar-refractivity contribution in [3.05, 3.63) is 95.1 Å². The summed E-state index contributed by atoms with van der Waals surface area (Å²) >= 11 is 0. The molecule has 1 saturated heterocycles. The lowest BCUT2D eigenvalue weighted by atomic mass is 10.1. The molecular formula is C26H26F2N4O2. The maximum absolute atomic E-state index is 13.4. The number of amides is 3.